The number of benzene rings is 2. The lowest BCUT2D eigenvalue weighted by molar-refractivity contribution is 0.0721. The van der Waals surface area contributed by atoms with Crippen LogP contribution < -0.4 is 11.7 Å². The van der Waals surface area contributed by atoms with Crippen molar-refractivity contribution in [1.82, 2.24) is 9.99 Å². The minimum atomic E-state index is -0.704. The molecule has 0 aliphatic carbocycles. The summed E-state index contributed by atoms with van der Waals surface area (Å²) < 4.78 is 18.7. The van der Waals surface area contributed by atoms with Gasteiger partial charge in [-0.2, -0.15) is 5.10 Å². The molecule has 0 fully saturated rings. The number of nitrogens with two attached hydrogens (primary N) is 2. The third-order valence-corrected chi connectivity index (χ3v) is 5.11. The monoisotopic (exact) mass is 458 g/mol. The zero-order valence-corrected chi connectivity index (χ0v) is 18.0. The van der Waals surface area contributed by atoms with Gasteiger partial charge in [-0.1, -0.05) is 25.4 Å². The fourth-order valence-electron chi connectivity index (χ4n) is 3.02. The summed E-state index contributed by atoms with van der Waals surface area (Å²) in [6.07, 6.45) is 1.46. The fraction of sp³-hybridized carbons (Fsp3) is 0.190. The number of carbonyl (C=O) groups is 1. The Bertz CT molecular complexity index is 1180. The minimum absolute atomic E-state index is 0.0550. The van der Waals surface area contributed by atoms with Gasteiger partial charge < -0.3 is 10.3 Å². The lowest BCUT2D eigenvalue weighted by Crippen LogP contribution is -2.45. The average Bonchev–Trinajstić information content (AvgIpc) is 3.27. The summed E-state index contributed by atoms with van der Waals surface area (Å²) in [5.74, 6) is 10.3. The molecule has 0 unspecified atom stereocenters. The largest absolute Gasteiger partial charge is 0.444 e. The number of nitroso groups, excluding NO2 is 1. The lowest BCUT2D eigenvalue weighted by Gasteiger charge is -2.28. The SMILES string of the molecule is CC(C)(CN(N)C(=O)c1cc(/C(N=O)=N/N)ccc1Cl)c1coc(-c2ccc(F)cc2)n1. The zero-order chi connectivity index (χ0) is 23.5. The molecule has 0 spiro atoms. The first-order valence-corrected chi connectivity index (χ1v) is 9.73. The highest BCUT2D eigenvalue weighted by molar-refractivity contribution is 6.34. The number of rotatable bonds is 6. The van der Waals surface area contributed by atoms with Crippen LogP contribution in [0.3, 0.4) is 0 Å². The van der Waals surface area contributed by atoms with Gasteiger partial charge in [0.1, 0.15) is 12.1 Å². The van der Waals surface area contributed by atoms with Gasteiger partial charge in [0.15, 0.2) is 0 Å². The van der Waals surface area contributed by atoms with Crippen molar-refractivity contribution < 1.29 is 13.6 Å². The third-order valence-electron chi connectivity index (χ3n) is 4.78. The Balaban J connectivity index is 1.81. The van der Waals surface area contributed by atoms with Crippen LogP contribution >= 0.6 is 11.6 Å². The molecule has 0 atom stereocenters. The second-order valence-electron chi connectivity index (χ2n) is 7.60. The first-order valence-electron chi connectivity index (χ1n) is 9.36. The Morgan fingerprint density at radius 3 is 2.56 bits per heavy atom. The van der Waals surface area contributed by atoms with Gasteiger partial charge in [-0.15, -0.1) is 4.91 Å². The van der Waals surface area contributed by atoms with Gasteiger partial charge in [0.25, 0.3) is 5.91 Å². The van der Waals surface area contributed by atoms with Gasteiger partial charge in [0, 0.05) is 23.1 Å². The predicted octanol–water partition coefficient (Wildman–Crippen LogP) is 3.81. The van der Waals surface area contributed by atoms with Crippen LogP contribution in [0.2, 0.25) is 5.02 Å². The molecule has 0 radical (unpaired) electrons. The van der Waals surface area contributed by atoms with Crippen LogP contribution in [-0.4, -0.2) is 28.3 Å². The highest BCUT2D eigenvalue weighted by Crippen LogP contribution is 2.28. The van der Waals surface area contributed by atoms with Crippen molar-refractivity contribution in [1.29, 1.82) is 0 Å². The van der Waals surface area contributed by atoms with E-state index >= 15 is 0 Å². The van der Waals surface area contributed by atoms with E-state index in [1.165, 1.54) is 36.6 Å². The van der Waals surface area contributed by atoms with E-state index in [1.807, 2.05) is 13.8 Å². The highest BCUT2D eigenvalue weighted by atomic mass is 35.5. The van der Waals surface area contributed by atoms with Crippen LogP contribution in [0.4, 0.5) is 4.39 Å². The summed E-state index contributed by atoms with van der Waals surface area (Å²) in [5.41, 5.74) is 0.731. The highest BCUT2D eigenvalue weighted by Gasteiger charge is 2.30. The quantitative estimate of drug-likeness (QED) is 0.144. The standard InChI is InChI=1S/C21H20ClFN6O3/c1-21(2,17-10-32-19(26-17)12-3-6-14(23)7-4-12)11-29(25)20(30)15-9-13(5-8-16(15)22)18(27-24)28-31/h3-10H,11,24-25H2,1-2H3/b27-18-. The van der Waals surface area contributed by atoms with Crippen LogP contribution in [0, 0.1) is 10.7 Å². The van der Waals surface area contributed by atoms with Gasteiger partial charge in [-0.05, 0) is 47.6 Å². The average molecular weight is 459 g/mol. The van der Waals surface area contributed by atoms with Crippen molar-refractivity contribution in [2.75, 3.05) is 6.54 Å². The minimum Gasteiger partial charge on any atom is -0.444 e. The number of nitrogens with zero attached hydrogens (tertiary/aromatic N) is 4. The number of aromatic nitrogens is 1. The number of oxazole rings is 1. The van der Waals surface area contributed by atoms with E-state index in [4.69, 9.17) is 27.7 Å². The normalized spacial score (nSPS) is 12.0. The van der Waals surface area contributed by atoms with Crippen molar-refractivity contribution >= 4 is 23.3 Å². The number of amides is 1. The summed E-state index contributed by atoms with van der Waals surface area (Å²) in [7, 11) is 0. The molecule has 0 saturated carbocycles. The third kappa shape index (κ3) is 4.82. The fourth-order valence-corrected chi connectivity index (χ4v) is 3.22. The molecule has 3 rings (SSSR count). The van der Waals surface area contributed by atoms with Crippen molar-refractivity contribution in [2.45, 2.75) is 19.3 Å². The van der Waals surface area contributed by atoms with E-state index in [0.717, 1.165) is 5.01 Å². The van der Waals surface area contributed by atoms with Crippen LogP contribution in [-0.2, 0) is 5.41 Å². The molecular weight excluding hydrogens is 439 g/mol. The molecule has 2 aromatic carbocycles. The molecular formula is C21H20ClFN6O3. The number of carbonyl (C=O) groups excluding carboxylic acids is 1. The van der Waals surface area contributed by atoms with Crippen LogP contribution in [0.25, 0.3) is 11.5 Å². The van der Waals surface area contributed by atoms with Crippen molar-refractivity contribution in [3.05, 3.63) is 81.3 Å². The van der Waals surface area contributed by atoms with Crippen LogP contribution in [0.5, 0.6) is 0 Å². The second kappa shape index (κ2) is 9.25. The van der Waals surface area contributed by atoms with Crippen molar-refractivity contribution in [3.8, 4) is 11.5 Å². The molecule has 1 heterocycles. The number of hydrogen-bond donors (Lipinski definition) is 2. The summed E-state index contributed by atoms with van der Waals surface area (Å²) in [4.78, 5) is 28.3. The molecule has 1 aromatic heterocycles. The van der Waals surface area contributed by atoms with Gasteiger partial charge in [-0.25, -0.2) is 15.2 Å². The molecule has 11 heteroatoms. The predicted molar refractivity (Wildman–Crippen MR) is 118 cm³/mol. The zero-order valence-electron chi connectivity index (χ0n) is 17.3. The van der Waals surface area contributed by atoms with E-state index in [-0.39, 0.29) is 34.3 Å². The Morgan fingerprint density at radius 2 is 1.94 bits per heavy atom. The van der Waals surface area contributed by atoms with Gasteiger partial charge >= 0.3 is 0 Å². The number of amidine groups is 1. The summed E-state index contributed by atoms with van der Waals surface area (Å²) in [6.45, 7) is 3.73. The Kier molecular flexibility index (Phi) is 6.66. The van der Waals surface area contributed by atoms with E-state index in [2.05, 4.69) is 15.3 Å². The van der Waals surface area contributed by atoms with E-state index in [9.17, 15) is 14.1 Å². The van der Waals surface area contributed by atoms with E-state index in [0.29, 0.717) is 17.1 Å². The van der Waals surface area contributed by atoms with Gasteiger partial charge in [0.2, 0.25) is 11.7 Å². The molecule has 3 aromatic rings. The smallest absolute Gasteiger partial charge is 0.269 e. The maximum absolute atomic E-state index is 13.1. The van der Waals surface area contributed by atoms with Crippen molar-refractivity contribution in [2.24, 2.45) is 22.0 Å². The van der Waals surface area contributed by atoms with Crippen LogP contribution in [0.1, 0.15) is 35.5 Å². The number of hydrogen-bond acceptors (Lipinski definition) is 7. The molecule has 0 saturated heterocycles. The number of hydrazine groups is 1. The summed E-state index contributed by atoms with van der Waals surface area (Å²) in [5, 5.41) is 7.13. The Hall–Kier alpha value is -3.63. The topological polar surface area (TPSA) is 140 Å². The first kappa shape index (κ1) is 23.0. The molecule has 0 aliphatic heterocycles. The second-order valence-corrected chi connectivity index (χ2v) is 8.01. The van der Waals surface area contributed by atoms with E-state index < -0.39 is 11.3 Å². The first-order chi connectivity index (χ1) is 15.2. The Morgan fingerprint density at radius 1 is 1.25 bits per heavy atom. The molecule has 0 bridgehead atoms. The molecule has 4 N–H and O–H groups in total. The van der Waals surface area contributed by atoms with E-state index in [1.54, 1.807) is 12.1 Å². The van der Waals surface area contributed by atoms with Crippen LogP contribution in [0.15, 0.2) is 63.4 Å². The number of halogens is 2. The maximum Gasteiger partial charge on any atom is 0.269 e. The molecule has 166 valence electrons. The summed E-state index contributed by atoms with van der Waals surface area (Å²) in [6, 6.07) is 9.95. The molecule has 32 heavy (non-hydrogen) atoms. The summed E-state index contributed by atoms with van der Waals surface area (Å²) >= 11 is 6.16. The number of hydrazone groups is 1. The van der Waals surface area contributed by atoms with Crippen molar-refractivity contribution in [3.63, 3.8) is 0 Å². The molecule has 9 nitrogen and oxygen atoms in total. The van der Waals surface area contributed by atoms with Gasteiger partial charge in [0.05, 0.1) is 16.3 Å². The molecule has 0 aliphatic rings. The maximum atomic E-state index is 13.1. The van der Waals surface area contributed by atoms with Gasteiger partial charge in [-0.3, -0.25) is 9.80 Å². The Labute approximate surface area is 187 Å². The lowest BCUT2D eigenvalue weighted by atomic mass is 9.89. The molecule has 1 amide bonds.